The summed E-state index contributed by atoms with van der Waals surface area (Å²) < 4.78 is 4.45. The first-order valence-corrected chi connectivity index (χ1v) is 25.8. The predicted octanol–water partition coefficient (Wildman–Crippen LogP) is 8.17. The topological polar surface area (TPSA) is 292 Å². The summed E-state index contributed by atoms with van der Waals surface area (Å²) in [5.74, 6) is 0.238. The minimum absolute atomic E-state index is 0. The van der Waals surface area contributed by atoms with E-state index in [4.69, 9.17) is 40.4 Å². The molecule has 3 aromatic heterocycles. The Morgan fingerprint density at radius 1 is 0.381 bits per heavy atom. The average molecular weight is 1190 g/mol. The second-order valence-electron chi connectivity index (χ2n) is 17.3. The van der Waals surface area contributed by atoms with Crippen LogP contribution in [0, 0.1) is 13.8 Å². The number of hydrogen-bond acceptors (Lipinski definition) is 14. The van der Waals surface area contributed by atoms with E-state index in [1.54, 1.807) is 97.1 Å². The van der Waals surface area contributed by atoms with Crippen LogP contribution in [-0.2, 0) is 0 Å². The number of para-hydroxylation sites is 3. The van der Waals surface area contributed by atoms with Crippen LogP contribution in [0.3, 0.4) is 0 Å². The average Bonchev–Trinajstić information content (AvgIpc) is 4.36. The van der Waals surface area contributed by atoms with Crippen molar-refractivity contribution in [3.05, 3.63) is 269 Å². The van der Waals surface area contributed by atoms with Crippen molar-refractivity contribution in [3.63, 3.8) is 0 Å². The maximum Gasteiger partial charge on any atom is 1.00 e. The van der Waals surface area contributed by atoms with Crippen molar-refractivity contribution in [1.82, 2.24) is 44.3 Å². The van der Waals surface area contributed by atoms with Gasteiger partial charge in [0.1, 0.15) is 0 Å². The van der Waals surface area contributed by atoms with Gasteiger partial charge in [0.25, 0.3) is 40.1 Å². The second kappa shape index (κ2) is 32.3. The fourth-order valence-corrected chi connectivity index (χ4v) is 7.66. The van der Waals surface area contributed by atoms with Crippen molar-refractivity contribution in [2.75, 3.05) is 33.2 Å². The van der Waals surface area contributed by atoms with Crippen molar-refractivity contribution in [3.8, 4) is 17.1 Å². The Hall–Kier alpha value is -9.45. The van der Waals surface area contributed by atoms with Gasteiger partial charge in [-0.2, -0.15) is 29.0 Å². The summed E-state index contributed by atoms with van der Waals surface area (Å²) in [5.41, 5.74) is 23.6. The van der Waals surface area contributed by atoms with E-state index in [2.05, 4.69) is 46.2 Å². The standard InChI is InChI=1S/C23H19N5O2.C15H13N5O.C8H7ClO.C8H9N5.C7H5ClO.K.H/c1-16-10-8-9-15-19(16)21(30)25-23-26-22(24-20(29)17-11-4-2-5-12-17)27-28(23)18-13-6-3-7-14-18;16-14-18-15(17-13(21)11-7-3-1-4-8-11)19-20(14)12-9-5-2-6-10-12;1-6-4-2-3-5-7(6)8(9)10;9-7-11-8(10)13(12-7)6-4-2-1-3-5-6;8-7(9)6-4-2-1-3-5-6;;/h2-15H,1H3,(H2,24,25,26,27,29,30);1-10H,(H3,16,17,18,19,21);2-5H,1H3;1-5H,(H4,9,10,11,12);1-5H;;/q;;;;;+1;-1. The van der Waals surface area contributed by atoms with Gasteiger partial charge in [-0.05, 0) is 121 Å². The third-order valence-corrected chi connectivity index (χ3v) is 11.8. The molecule has 0 aliphatic carbocycles. The molecule has 0 saturated heterocycles. The van der Waals surface area contributed by atoms with Gasteiger partial charge in [-0.15, -0.1) is 15.3 Å². The molecule has 84 heavy (non-hydrogen) atoms. The van der Waals surface area contributed by atoms with Crippen molar-refractivity contribution >= 4 is 87.1 Å². The Balaban J connectivity index is 0.000000208. The molecule has 23 heteroatoms. The predicted molar refractivity (Wildman–Crippen MR) is 324 cm³/mol. The van der Waals surface area contributed by atoms with Crippen LogP contribution in [0.25, 0.3) is 17.1 Å². The monoisotopic (exact) mass is 1190 g/mol. The van der Waals surface area contributed by atoms with E-state index in [0.29, 0.717) is 39.5 Å². The molecular formula is C61H54Cl2KN15O5. The van der Waals surface area contributed by atoms with Crippen LogP contribution < -0.4 is 84.5 Å². The van der Waals surface area contributed by atoms with Gasteiger partial charge in [0.05, 0.1) is 17.1 Å². The SMILES string of the molecule is Cc1ccccc1C(=O)Cl.Cc1ccccc1C(=O)Nc1nc(NC(=O)c2ccccc2)nn1-c1ccccc1.Nc1nc(N)n(-c2ccccc2)n1.Nc1nc(NC(=O)c2ccccc2)nn1-c1ccccc1.O=C(Cl)c1ccccc1.[H-].[K+]. The molecule has 0 spiro atoms. The smallest absolute Gasteiger partial charge is 1.00 e. The van der Waals surface area contributed by atoms with Crippen molar-refractivity contribution in [2.24, 2.45) is 0 Å². The van der Waals surface area contributed by atoms with E-state index in [1.165, 1.54) is 14.0 Å². The van der Waals surface area contributed by atoms with Gasteiger partial charge in [0, 0.05) is 27.8 Å². The molecule has 0 saturated carbocycles. The number of rotatable bonds is 11. The van der Waals surface area contributed by atoms with Gasteiger partial charge >= 0.3 is 51.4 Å². The fraction of sp³-hybridized carbons (Fsp3) is 0.0328. The van der Waals surface area contributed by atoms with Crippen LogP contribution >= 0.6 is 23.2 Å². The summed E-state index contributed by atoms with van der Waals surface area (Å²) in [7, 11) is 0. The normalized spacial score (nSPS) is 9.95. The van der Waals surface area contributed by atoms with Crippen LogP contribution in [-0.4, -0.2) is 72.5 Å². The number of aromatic nitrogens is 9. The largest absolute Gasteiger partial charge is 1.00 e. The number of carbonyl (C=O) groups is 5. The molecule has 0 fully saturated rings. The minimum Gasteiger partial charge on any atom is -1.00 e. The van der Waals surface area contributed by atoms with Crippen LogP contribution in [0.1, 0.15) is 64.3 Å². The molecule has 418 valence electrons. The third-order valence-electron chi connectivity index (χ3n) is 11.4. The number of hydrogen-bond donors (Lipinski definition) is 6. The van der Waals surface area contributed by atoms with E-state index >= 15 is 0 Å². The number of nitrogens with one attached hydrogen (secondary N) is 3. The molecule has 0 unspecified atom stereocenters. The Kier molecular flexibility index (Phi) is 24.5. The molecule has 9 N–H and O–H groups in total. The molecule has 11 rings (SSSR count). The summed E-state index contributed by atoms with van der Waals surface area (Å²) in [5, 5.41) is 19.8. The van der Waals surface area contributed by atoms with Crippen molar-refractivity contribution in [1.29, 1.82) is 0 Å². The number of aryl methyl sites for hydroxylation is 2. The van der Waals surface area contributed by atoms with E-state index in [9.17, 15) is 24.0 Å². The van der Waals surface area contributed by atoms with E-state index < -0.39 is 10.5 Å². The molecule has 0 atom stereocenters. The molecule has 0 aliphatic rings. The van der Waals surface area contributed by atoms with Crippen LogP contribution in [0.4, 0.5) is 35.7 Å². The molecule has 20 nitrogen and oxygen atoms in total. The Morgan fingerprint density at radius 3 is 1.11 bits per heavy atom. The van der Waals surface area contributed by atoms with Crippen molar-refractivity contribution in [2.45, 2.75) is 13.8 Å². The van der Waals surface area contributed by atoms with E-state index in [-0.39, 0.29) is 100 Å². The summed E-state index contributed by atoms with van der Waals surface area (Å²) in [6, 6.07) is 69.0. The van der Waals surface area contributed by atoms with Gasteiger partial charge in [-0.1, -0.05) is 158 Å². The first kappa shape index (κ1) is 63.7. The van der Waals surface area contributed by atoms with E-state index in [0.717, 1.165) is 22.5 Å². The van der Waals surface area contributed by atoms with Crippen molar-refractivity contribution < 1.29 is 76.8 Å². The first-order valence-electron chi connectivity index (χ1n) is 25.1. The fourth-order valence-electron chi connectivity index (χ4n) is 7.32. The zero-order valence-corrected chi connectivity index (χ0v) is 50.1. The van der Waals surface area contributed by atoms with E-state index in [1.807, 2.05) is 147 Å². The molecule has 11 aromatic rings. The number of nitrogen functional groups attached to an aromatic ring is 3. The number of carbonyl (C=O) groups excluding carboxylic acids is 5. The molecule has 8 aromatic carbocycles. The maximum atomic E-state index is 12.8. The molecule has 0 radical (unpaired) electrons. The van der Waals surface area contributed by atoms with Gasteiger partial charge in [-0.25, -0.2) is 0 Å². The minimum atomic E-state index is -0.407. The quantitative estimate of drug-likeness (QED) is 0.0526. The Morgan fingerprint density at radius 2 is 0.726 bits per heavy atom. The van der Waals surface area contributed by atoms with Gasteiger partial charge in [-0.3, -0.25) is 39.9 Å². The third kappa shape index (κ3) is 18.8. The number of amides is 3. The first-order chi connectivity index (χ1) is 40.1. The van der Waals surface area contributed by atoms with Crippen LogP contribution in [0.2, 0.25) is 0 Å². The number of anilines is 6. The summed E-state index contributed by atoms with van der Waals surface area (Å²) >= 11 is 10.4. The van der Waals surface area contributed by atoms with Crippen LogP contribution in [0.15, 0.2) is 231 Å². The maximum absolute atomic E-state index is 12.8. The zero-order valence-electron chi connectivity index (χ0n) is 46.5. The number of nitrogens with zero attached hydrogens (tertiary/aromatic N) is 9. The number of benzene rings is 8. The second-order valence-corrected chi connectivity index (χ2v) is 17.9. The summed E-state index contributed by atoms with van der Waals surface area (Å²) in [6.45, 7) is 3.72. The molecule has 0 bridgehead atoms. The summed E-state index contributed by atoms with van der Waals surface area (Å²) in [4.78, 5) is 70.5. The Bertz CT molecular complexity index is 3920. The summed E-state index contributed by atoms with van der Waals surface area (Å²) in [6.07, 6.45) is 0. The van der Waals surface area contributed by atoms with Gasteiger partial charge < -0.3 is 18.6 Å². The molecular weight excluding hydrogens is 1130 g/mol. The molecule has 3 amide bonds. The van der Waals surface area contributed by atoms with Gasteiger partial charge in [0.15, 0.2) is 0 Å². The molecule has 0 aliphatic heterocycles. The van der Waals surface area contributed by atoms with Gasteiger partial charge in [0.2, 0.25) is 23.8 Å². The number of halogens is 2. The van der Waals surface area contributed by atoms with Crippen LogP contribution in [0.5, 0.6) is 0 Å². The molecule has 3 heterocycles. The Labute approximate surface area is 537 Å². The number of nitrogens with two attached hydrogens (primary N) is 3. The zero-order chi connectivity index (χ0) is 59.1.